The highest BCUT2D eigenvalue weighted by Gasteiger charge is 2.54. The van der Waals surface area contributed by atoms with Gasteiger partial charge in [-0.1, -0.05) is 36.4 Å². The quantitative estimate of drug-likeness (QED) is 0.539. The van der Waals surface area contributed by atoms with Gasteiger partial charge in [0.15, 0.2) is 0 Å². The number of fused-ring (bicyclic) bond motifs is 1. The lowest BCUT2D eigenvalue weighted by Crippen LogP contribution is -2.48. The Morgan fingerprint density at radius 3 is 2.47 bits per heavy atom. The molecule has 2 saturated heterocycles. The van der Waals surface area contributed by atoms with Crippen LogP contribution in [0, 0.1) is 0 Å². The molecule has 2 atom stereocenters. The first-order valence-corrected chi connectivity index (χ1v) is 11.6. The molecule has 8 nitrogen and oxygen atoms in total. The van der Waals surface area contributed by atoms with Gasteiger partial charge in [-0.05, 0) is 42.2 Å². The van der Waals surface area contributed by atoms with E-state index in [9.17, 15) is 19.2 Å². The Morgan fingerprint density at radius 1 is 1.09 bits per heavy atom. The van der Waals surface area contributed by atoms with Gasteiger partial charge in [-0.3, -0.25) is 19.7 Å². The third-order valence-corrected chi connectivity index (χ3v) is 7.14. The number of amides is 5. The first-order valence-electron chi connectivity index (χ1n) is 11.6. The Bertz CT molecular complexity index is 1100. The van der Waals surface area contributed by atoms with E-state index < -0.39 is 5.54 Å². The molecule has 0 saturated carbocycles. The third kappa shape index (κ3) is 4.40. The van der Waals surface area contributed by atoms with Gasteiger partial charge in [0.05, 0.1) is 0 Å². The van der Waals surface area contributed by atoms with Crippen molar-refractivity contribution in [1.29, 1.82) is 0 Å². The second-order valence-corrected chi connectivity index (χ2v) is 9.03. The standard InChI is InChI=1S/C13H13N3O3.C13H17NO/c1-16-12(19)15-11(18)13(16)5-8-2-3-10(14-7-17)4-9(8)6-13;1-2-14-10-12(8-9-13(14)15)11-6-4-3-5-7-11/h2-4,7H,5-6H2,1H3,(H,14,17)(H,15,18,19);3-7,12H,2,8-10H2,1H3. The molecule has 1 spiro atoms. The number of likely N-dealkylation sites (tertiary alicyclic amines) is 1. The molecule has 2 aromatic carbocycles. The van der Waals surface area contributed by atoms with Gasteiger partial charge in [0.2, 0.25) is 12.3 Å². The normalized spacial score (nSPS) is 23.4. The maximum Gasteiger partial charge on any atom is 0.324 e. The Hall–Kier alpha value is -3.68. The van der Waals surface area contributed by atoms with Crippen LogP contribution in [0.15, 0.2) is 48.5 Å². The van der Waals surface area contributed by atoms with Gasteiger partial charge >= 0.3 is 6.03 Å². The smallest absolute Gasteiger partial charge is 0.324 e. The third-order valence-electron chi connectivity index (χ3n) is 7.14. The summed E-state index contributed by atoms with van der Waals surface area (Å²) in [6.07, 6.45) is 3.31. The Labute approximate surface area is 199 Å². The van der Waals surface area contributed by atoms with Gasteiger partial charge in [0.25, 0.3) is 5.91 Å². The molecule has 0 aromatic heterocycles. The van der Waals surface area contributed by atoms with E-state index in [1.807, 2.05) is 30.0 Å². The molecule has 8 heteroatoms. The number of rotatable bonds is 4. The maximum absolute atomic E-state index is 12.1. The Balaban J connectivity index is 0.000000166. The van der Waals surface area contributed by atoms with Crippen molar-refractivity contribution in [3.05, 3.63) is 65.2 Å². The molecule has 0 radical (unpaired) electrons. The monoisotopic (exact) mass is 462 g/mol. The fraction of sp³-hybridized carbons (Fsp3) is 0.385. The highest BCUT2D eigenvalue weighted by molar-refractivity contribution is 6.07. The van der Waals surface area contributed by atoms with E-state index in [1.165, 1.54) is 10.5 Å². The van der Waals surface area contributed by atoms with E-state index in [4.69, 9.17) is 0 Å². The van der Waals surface area contributed by atoms with E-state index in [1.54, 1.807) is 13.1 Å². The van der Waals surface area contributed by atoms with Crippen molar-refractivity contribution < 1.29 is 19.2 Å². The molecular weight excluding hydrogens is 432 g/mol. The fourth-order valence-electron chi connectivity index (χ4n) is 5.07. The lowest BCUT2D eigenvalue weighted by atomic mass is 9.90. The second kappa shape index (κ2) is 9.67. The van der Waals surface area contributed by atoms with Crippen LogP contribution in [0.4, 0.5) is 10.5 Å². The van der Waals surface area contributed by atoms with Crippen LogP contribution in [0.25, 0.3) is 0 Å². The van der Waals surface area contributed by atoms with Crippen molar-refractivity contribution in [2.45, 2.75) is 44.1 Å². The predicted molar refractivity (Wildman–Crippen MR) is 128 cm³/mol. The van der Waals surface area contributed by atoms with Gasteiger partial charge in [-0.15, -0.1) is 0 Å². The largest absolute Gasteiger partial charge is 0.342 e. The van der Waals surface area contributed by atoms with Crippen LogP contribution in [0.3, 0.4) is 0 Å². The molecule has 5 rings (SSSR count). The zero-order valence-corrected chi connectivity index (χ0v) is 19.5. The zero-order valence-electron chi connectivity index (χ0n) is 19.5. The van der Waals surface area contributed by atoms with Gasteiger partial charge in [-0.25, -0.2) is 4.79 Å². The summed E-state index contributed by atoms with van der Waals surface area (Å²) < 4.78 is 0. The minimum absolute atomic E-state index is 0.249. The molecule has 2 aliphatic heterocycles. The van der Waals surface area contributed by atoms with E-state index in [0.29, 0.717) is 43.2 Å². The maximum atomic E-state index is 12.1. The lowest BCUT2D eigenvalue weighted by molar-refractivity contribution is -0.133. The van der Waals surface area contributed by atoms with Crippen molar-refractivity contribution in [3.63, 3.8) is 0 Å². The molecule has 5 amide bonds. The minimum atomic E-state index is -0.806. The summed E-state index contributed by atoms with van der Waals surface area (Å²) in [4.78, 5) is 49.1. The number of piperidine rings is 1. The second-order valence-electron chi connectivity index (χ2n) is 9.03. The summed E-state index contributed by atoms with van der Waals surface area (Å²) in [5.74, 6) is 0.592. The van der Waals surface area contributed by atoms with Crippen molar-refractivity contribution in [2.75, 3.05) is 25.5 Å². The molecular formula is C26H30N4O4. The summed E-state index contributed by atoms with van der Waals surface area (Å²) in [6, 6.07) is 15.7. The topological polar surface area (TPSA) is 98.8 Å². The van der Waals surface area contributed by atoms with E-state index in [0.717, 1.165) is 30.6 Å². The number of hydrogen-bond acceptors (Lipinski definition) is 4. The Kier molecular flexibility index (Phi) is 6.68. The summed E-state index contributed by atoms with van der Waals surface area (Å²) in [7, 11) is 1.64. The van der Waals surface area contributed by atoms with Crippen LogP contribution in [-0.2, 0) is 27.2 Å². The van der Waals surface area contributed by atoms with Gasteiger partial charge < -0.3 is 15.1 Å². The number of carbonyl (C=O) groups is 4. The van der Waals surface area contributed by atoms with Crippen LogP contribution in [0.5, 0.6) is 0 Å². The number of carbonyl (C=O) groups excluding carboxylic acids is 4. The molecule has 2 N–H and O–H groups in total. The summed E-state index contributed by atoms with van der Waals surface area (Å²) in [5.41, 5.74) is 3.28. The lowest BCUT2D eigenvalue weighted by Gasteiger charge is -2.32. The number of nitrogens with one attached hydrogen (secondary N) is 2. The Morgan fingerprint density at radius 2 is 1.82 bits per heavy atom. The highest BCUT2D eigenvalue weighted by atomic mass is 16.2. The molecule has 2 unspecified atom stereocenters. The molecule has 178 valence electrons. The van der Waals surface area contributed by atoms with Crippen LogP contribution < -0.4 is 10.6 Å². The molecule has 1 aliphatic carbocycles. The zero-order chi connectivity index (χ0) is 24.3. The number of benzene rings is 2. The highest BCUT2D eigenvalue weighted by Crippen LogP contribution is 2.38. The molecule has 2 heterocycles. The van der Waals surface area contributed by atoms with E-state index in [-0.39, 0.29) is 11.9 Å². The number of urea groups is 1. The summed E-state index contributed by atoms with van der Waals surface area (Å²) >= 11 is 0. The van der Waals surface area contributed by atoms with Crippen molar-refractivity contribution in [1.82, 2.24) is 15.1 Å². The van der Waals surface area contributed by atoms with Gasteiger partial charge in [0.1, 0.15) is 5.54 Å². The first kappa shape index (κ1) is 23.5. The molecule has 34 heavy (non-hydrogen) atoms. The minimum Gasteiger partial charge on any atom is -0.342 e. The molecule has 2 aromatic rings. The van der Waals surface area contributed by atoms with Crippen molar-refractivity contribution in [2.24, 2.45) is 0 Å². The van der Waals surface area contributed by atoms with Crippen molar-refractivity contribution in [3.8, 4) is 0 Å². The average Bonchev–Trinajstić information content (AvgIpc) is 3.33. The van der Waals surface area contributed by atoms with Crippen molar-refractivity contribution >= 4 is 29.9 Å². The number of imide groups is 1. The SMILES string of the molecule is CCN1CC(c2ccccc2)CCC1=O.CN1C(=O)NC(=O)C12Cc1ccc(NC=O)cc1C2. The predicted octanol–water partition coefficient (Wildman–Crippen LogP) is 2.69. The van der Waals surface area contributed by atoms with Crippen LogP contribution >= 0.6 is 0 Å². The van der Waals surface area contributed by atoms with Crippen LogP contribution in [0.2, 0.25) is 0 Å². The van der Waals surface area contributed by atoms with E-state index >= 15 is 0 Å². The number of nitrogens with zero attached hydrogens (tertiary/aromatic N) is 2. The van der Waals surface area contributed by atoms with Gasteiger partial charge in [-0.2, -0.15) is 0 Å². The average molecular weight is 463 g/mol. The van der Waals surface area contributed by atoms with Crippen LogP contribution in [0.1, 0.15) is 42.4 Å². The molecule has 2 fully saturated rings. The van der Waals surface area contributed by atoms with Crippen LogP contribution in [-0.4, -0.2) is 59.7 Å². The summed E-state index contributed by atoms with van der Waals surface area (Å²) in [6.45, 7) is 3.77. The molecule has 3 aliphatic rings. The number of anilines is 1. The van der Waals surface area contributed by atoms with E-state index in [2.05, 4.69) is 34.9 Å². The van der Waals surface area contributed by atoms with Gasteiger partial charge in [0, 0.05) is 51.0 Å². The summed E-state index contributed by atoms with van der Waals surface area (Å²) in [5, 5.41) is 4.94. The number of hydrogen-bond donors (Lipinski definition) is 2. The molecule has 0 bridgehead atoms. The number of likely N-dealkylation sites (N-methyl/N-ethyl adjacent to an activating group) is 2. The fourth-order valence-corrected chi connectivity index (χ4v) is 5.07. The first-order chi connectivity index (χ1) is 16.4.